The molecule has 12 heavy (non-hydrogen) atoms. The molecule has 0 N–H and O–H groups in total. The maximum absolute atomic E-state index is 5.26. The predicted molar refractivity (Wildman–Crippen MR) is 42.3 cm³/mol. The van der Waals surface area contributed by atoms with Crippen molar-refractivity contribution in [3.05, 3.63) is 30.5 Å². The molecule has 0 unspecified atom stereocenters. The van der Waals surface area contributed by atoms with Gasteiger partial charge in [-0.3, -0.25) is 4.98 Å². The first-order chi connectivity index (χ1) is 5.86. The van der Waals surface area contributed by atoms with Crippen LogP contribution in [0.15, 0.2) is 29.2 Å². The van der Waals surface area contributed by atoms with Crippen LogP contribution >= 0.6 is 0 Å². The lowest BCUT2D eigenvalue weighted by atomic mass is 10.4. The van der Waals surface area contributed by atoms with E-state index in [1.165, 1.54) is 0 Å². The third-order valence-corrected chi connectivity index (χ3v) is 1.40. The number of rotatable bonds is 1. The maximum Gasteiger partial charge on any atom is 0.246 e. The van der Waals surface area contributed by atoms with Crippen LogP contribution in [0.4, 0.5) is 0 Å². The monoisotopic (exact) mass is 161 g/mol. The van der Waals surface area contributed by atoms with Gasteiger partial charge in [-0.2, -0.15) is 0 Å². The Morgan fingerprint density at radius 2 is 2.08 bits per heavy atom. The zero-order valence-electron chi connectivity index (χ0n) is 6.56. The minimum atomic E-state index is 0.514. The first-order valence-electron chi connectivity index (χ1n) is 3.55. The Kier molecular flexibility index (Phi) is 1.59. The largest absolute Gasteiger partial charge is 0.440 e. The number of oxazole rings is 1. The first kappa shape index (κ1) is 6.97. The molecule has 4 nitrogen and oxygen atoms in total. The summed E-state index contributed by atoms with van der Waals surface area (Å²) in [5.41, 5.74) is 0.658. The second kappa shape index (κ2) is 2.73. The van der Waals surface area contributed by atoms with Crippen molar-refractivity contribution in [1.82, 2.24) is 15.0 Å². The Labute approximate surface area is 69.3 Å². The van der Waals surface area contributed by atoms with Gasteiger partial charge in [0.05, 0.1) is 12.4 Å². The smallest absolute Gasteiger partial charge is 0.246 e. The highest BCUT2D eigenvalue weighted by Crippen LogP contribution is 2.13. The van der Waals surface area contributed by atoms with Gasteiger partial charge >= 0.3 is 0 Å². The summed E-state index contributed by atoms with van der Waals surface area (Å²) in [5, 5.41) is 0. The lowest BCUT2D eigenvalue weighted by molar-refractivity contribution is 0.540. The van der Waals surface area contributed by atoms with Crippen molar-refractivity contribution in [3.63, 3.8) is 0 Å². The molecule has 2 rings (SSSR count). The van der Waals surface area contributed by atoms with Gasteiger partial charge in [0.25, 0.3) is 0 Å². The molecule has 0 bridgehead atoms. The molecule has 0 radical (unpaired) electrons. The Bertz CT molecular complexity index is 369. The van der Waals surface area contributed by atoms with Gasteiger partial charge in [0, 0.05) is 12.4 Å². The number of aryl methyl sites for hydroxylation is 1. The van der Waals surface area contributed by atoms with Crippen LogP contribution < -0.4 is 0 Å². The fraction of sp³-hybridized carbons (Fsp3) is 0.125. The summed E-state index contributed by atoms with van der Waals surface area (Å²) < 4.78 is 5.26. The molecule has 2 aromatic heterocycles. The topological polar surface area (TPSA) is 51.8 Å². The average molecular weight is 161 g/mol. The lowest BCUT2D eigenvalue weighted by Gasteiger charge is -1.90. The van der Waals surface area contributed by atoms with Crippen LogP contribution in [0.2, 0.25) is 0 Å². The standard InChI is InChI=1S/C8H7N3O/c1-6-4-11-8(12-6)7-5-9-2-3-10-7/h2-5H,1H3. The summed E-state index contributed by atoms with van der Waals surface area (Å²) in [6.45, 7) is 1.84. The number of nitrogens with zero attached hydrogens (tertiary/aromatic N) is 3. The molecule has 0 aliphatic rings. The Morgan fingerprint density at radius 3 is 2.67 bits per heavy atom. The van der Waals surface area contributed by atoms with E-state index in [0.717, 1.165) is 5.76 Å². The van der Waals surface area contributed by atoms with Crippen molar-refractivity contribution in [1.29, 1.82) is 0 Å². The van der Waals surface area contributed by atoms with Crippen LogP contribution in [-0.2, 0) is 0 Å². The van der Waals surface area contributed by atoms with Crippen molar-refractivity contribution < 1.29 is 4.42 Å². The molecule has 0 saturated heterocycles. The fourth-order valence-electron chi connectivity index (χ4n) is 0.883. The van der Waals surface area contributed by atoms with Crippen molar-refractivity contribution in [2.75, 3.05) is 0 Å². The number of hydrogen-bond acceptors (Lipinski definition) is 4. The zero-order valence-corrected chi connectivity index (χ0v) is 6.56. The normalized spacial score (nSPS) is 10.1. The molecule has 0 aliphatic heterocycles. The highest BCUT2D eigenvalue weighted by atomic mass is 16.4. The van der Waals surface area contributed by atoms with Gasteiger partial charge in [-0.1, -0.05) is 0 Å². The summed E-state index contributed by atoms with van der Waals surface area (Å²) in [5.74, 6) is 1.29. The van der Waals surface area contributed by atoms with Crippen molar-refractivity contribution >= 4 is 0 Å². The van der Waals surface area contributed by atoms with Crippen LogP contribution in [0.25, 0.3) is 11.6 Å². The second-order valence-corrected chi connectivity index (χ2v) is 2.37. The summed E-state index contributed by atoms with van der Waals surface area (Å²) in [6.07, 6.45) is 6.49. The molecule has 2 aromatic rings. The van der Waals surface area contributed by atoms with E-state index in [4.69, 9.17) is 4.42 Å². The highest BCUT2D eigenvalue weighted by Gasteiger charge is 2.03. The molecule has 60 valence electrons. The molecule has 0 amide bonds. The van der Waals surface area contributed by atoms with Crippen LogP contribution in [0.3, 0.4) is 0 Å². The predicted octanol–water partition coefficient (Wildman–Crippen LogP) is 1.44. The van der Waals surface area contributed by atoms with E-state index in [0.29, 0.717) is 11.6 Å². The van der Waals surface area contributed by atoms with Gasteiger partial charge in [0.15, 0.2) is 0 Å². The molecule has 0 aromatic carbocycles. The van der Waals surface area contributed by atoms with Crippen molar-refractivity contribution in [2.24, 2.45) is 0 Å². The lowest BCUT2D eigenvalue weighted by Crippen LogP contribution is -1.82. The van der Waals surface area contributed by atoms with E-state index in [1.807, 2.05) is 6.92 Å². The third-order valence-electron chi connectivity index (χ3n) is 1.40. The Hall–Kier alpha value is -1.71. The Morgan fingerprint density at radius 1 is 1.17 bits per heavy atom. The van der Waals surface area contributed by atoms with E-state index in [9.17, 15) is 0 Å². The molecule has 0 atom stereocenters. The van der Waals surface area contributed by atoms with Gasteiger partial charge in [-0.15, -0.1) is 0 Å². The highest BCUT2D eigenvalue weighted by molar-refractivity contribution is 5.43. The molecule has 0 aliphatic carbocycles. The SMILES string of the molecule is Cc1cnc(-c2cnccn2)o1. The van der Waals surface area contributed by atoms with Crippen LogP contribution in [0.1, 0.15) is 5.76 Å². The Balaban J connectivity index is 2.45. The van der Waals surface area contributed by atoms with Gasteiger partial charge in [-0.05, 0) is 6.92 Å². The van der Waals surface area contributed by atoms with Gasteiger partial charge < -0.3 is 4.42 Å². The van der Waals surface area contributed by atoms with E-state index < -0.39 is 0 Å². The van der Waals surface area contributed by atoms with Gasteiger partial charge in [0.2, 0.25) is 5.89 Å². The second-order valence-electron chi connectivity index (χ2n) is 2.37. The minimum Gasteiger partial charge on any atom is -0.440 e. The molecule has 4 heteroatoms. The van der Waals surface area contributed by atoms with Crippen LogP contribution in [0.5, 0.6) is 0 Å². The average Bonchev–Trinajstić information content (AvgIpc) is 2.54. The maximum atomic E-state index is 5.26. The fourth-order valence-corrected chi connectivity index (χ4v) is 0.883. The van der Waals surface area contributed by atoms with Crippen molar-refractivity contribution in [3.8, 4) is 11.6 Å². The molecular weight excluding hydrogens is 154 g/mol. The van der Waals surface area contributed by atoms with E-state index in [-0.39, 0.29) is 0 Å². The zero-order chi connectivity index (χ0) is 8.39. The molecule has 0 fully saturated rings. The van der Waals surface area contributed by atoms with Crippen LogP contribution in [-0.4, -0.2) is 15.0 Å². The first-order valence-corrected chi connectivity index (χ1v) is 3.55. The van der Waals surface area contributed by atoms with Crippen LogP contribution in [0, 0.1) is 6.92 Å². The van der Waals surface area contributed by atoms with E-state index in [1.54, 1.807) is 24.8 Å². The van der Waals surface area contributed by atoms with Crippen molar-refractivity contribution in [2.45, 2.75) is 6.92 Å². The number of aromatic nitrogens is 3. The molecular formula is C8H7N3O. The summed E-state index contributed by atoms with van der Waals surface area (Å²) in [6, 6.07) is 0. The molecule has 2 heterocycles. The summed E-state index contributed by atoms with van der Waals surface area (Å²) >= 11 is 0. The van der Waals surface area contributed by atoms with Gasteiger partial charge in [-0.25, -0.2) is 9.97 Å². The van der Waals surface area contributed by atoms with E-state index in [2.05, 4.69) is 15.0 Å². The molecule has 0 saturated carbocycles. The van der Waals surface area contributed by atoms with E-state index >= 15 is 0 Å². The quantitative estimate of drug-likeness (QED) is 0.635. The summed E-state index contributed by atoms with van der Waals surface area (Å²) in [4.78, 5) is 12.0. The third kappa shape index (κ3) is 1.18. The molecule has 0 spiro atoms. The number of hydrogen-bond donors (Lipinski definition) is 0. The summed E-state index contributed by atoms with van der Waals surface area (Å²) in [7, 11) is 0. The van der Waals surface area contributed by atoms with Gasteiger partial charge in [0.1, 0.15) is 11.5 Å². The minimum absolute atomic E-state index is 0.514.